The first kappa shape index (κ1) is 17.9. The van der Waals surface area contributed by atoms with Crippen LogP contribution in [-0.4, -0.2) is 33.6 Å². The highest BCUT2D eigenvalue weighted by atomic mass is 16.5. The molecule has 6 nitrogen and oxygen atoms in total. The van der Waals surface area contributed by atoms with Gasteiger partial charge in [0.1, 0.15) is 0 Å². The quantitative estimate of drug-likeness (QED) is 0.543. The van der Waals surface area contributed by atoms with Crippen molar-refractivity contribution >= 4 is 22.6 Å². The largest absolute Gasteiger partial charge is 0.465 e. The third-order valence-electron chi connectivity index (χ3n) is 4.27. The molecule has 0 fully saturated rings. The molecule has 0 atom stereocenters. The summed E-state index contributed by atoms with van der Waals surface area (Å²) in [6.45, 7) is 4.17. The van der Waals surface area contributed by atoms with Crippen LogP contribution in [0.4, 0.5) is 5.69 Å². The molecule has 0 aliphatic carbocycles. The maximum atomic E-state index is 11.8. The zero-order chi connectivity index (χ0) is 18.9. The third kappa shape index (κ3) is 3.86. The van der Waals surface area contributed by atoms with Crippen LogP contribution in [0, 0.1) is 0 Å². The molecule has 0 aliphatic heterocycles. The van der Waals surface area contributed by atoms with E-state index in [1.165, 1.54) is 7.11 Å². The predicted octanol–water partition coefficient (Wildman–Crippen LogP) is 3.23. The minimum Gasteiger partial charge on any atom is -0.465 e. The number of carbonyl (C=O) groups is 1. The molecule has 0 spiro atoms. The molecule has 3 N–H and O–H groups in total. The molecule has 136 valence electrons. The van der Waals surface area contributed by atoms with Crippen molar-refractivity contribution in [3.05, 3.63) is 48.2 Å². The van der Waals surface area contributed by atoms with E-state index in [9.17, 15) is 9.90 Å². The number of nitrogen functional groups attached to an aromatic ring is 1. The summed E-state index contributed by atoms with van der Waals surface area (Å²) >= 11 is 0. The number of ether oxygens (including phenoxy) is 1. The van der Waals surface area contributed by atoms with E-state index >= 15 is 0 Å². The summed E-state index contributed by atoms with van der Waals surface area (Å²) in [4.78, 5) is 11.8. The lowest BCUT2D eigenvalue weighted by molar-refractivity contribution is 0.0599. The van der Waals surface area contributed by atoms with Crippen molar-refractivity contribution < 1.29 is 14.6 Å². The van der Waals surface area contributed by atoms with Gasteiger partial charge < -0.3 is 15.6 Å². The minimum atomic E-state index is -0.739. The topological polar surface area (TPSA) is 90.4 Å². The molecule has 0 saturated carbocycles. The van der Waals surface area contributed by atoms with Crippen molar-refractivity contribution in [1.29, 1.82) is 0 Å². The van der Waals surface area contributed by atoms with Gasteiger partial charge in [-0.25, -0.2) is 4.79 Å². The molecule has 0 radical (unpaired) electrons. The second-order valence-electron chi connectivity index (χ2n) is 7.03. The van der Waals surface area contributed by atoms with E-state index in [2.05, 4.69) is 5.10 Å². The first-order valence-electron chi connectivity index (χ1n) is 8.45. The number of anilines is 1. The maximum absolute atomic E-state index is 11.8. The number of rotatable bonds is 5. The number of aryl methyl sites for hydroxylation is 1. The molecular weight excluding hydrogens is 330 g/mol. The summed E-state index contributed by atoms with van der Waals surface area (Å²) < 4.78 is 6.60. The molecule has 0 aliphatic rings. The molecule has 2 aromatic carbocycles. The lowest BCUT2D eigenvalue weighted by atomic mass is 10.0. The fourth-order valence-electron chi connectivity index (χ4n) is 2.82. The van der Waals surface area contributed by atoms with Crippen LogP contribution in [0.2, 0.25) is 0 Å². The van der Waals surface area contributed by atoms with E-state index in [-0.39, 0.29) is 5.97 Å². The SMILES string of the molecule is COC(=O)c1cccc(-c2cc3nn(CCC(C)(C)O)cc3cc2N)c1. The monoisotopic (exact) mass is 353 g/mol. The van der Waals surface area contributed by atoms with Gasteiger partial charge in [-0.3, -0.25) is 4.68 Å². The second kappa shape index (κ2) is 6.80. The van der Waals surface area contributed by atoms with Crippen LogP contribution in [0.25, 0.3) is 22.0 Å². The Balaban J connectivity index is 1.97. The van der Waals surface area contributed by atoms with Crippen molar-refractivity contribution in [3.8, 4) is 11.1 Å². The van der Waals surface area contributed by atoms with Gasteiger partial charge in [-0.05, 0) is 50.1 Å². The van der Waals surface area contributed by atoms with Crippen LogP contribution in [0.5, 0.6) is 0 Å². The van der Waals surface area contributed by atoms with Crippen LogP contribution in [0.3, 0.4) is 0 Å². The van der Waals surface area contributed by atoms with Gasteiger partial charge in [0.2, 0.25) is 0 Å². The van der Waals surface area contributed by atoms with Crippen molar-refractivity contribution in [3.63, 3.8) is 0 Å². The molecule has 0 unspecified atom stereocenters. The van der Waals surface area contributed by atoms with Crippen LogP contribution in [0.1, 0.15) is 30.6 Å². The lowest BCUT2D eigenvalue weighted by Gasteiger charge is -2.16. The Morgan fingerprint density at radius 2 is 2.08 bits per heavy atom. The average molecular weight is 353 g/mol. The number of hydrogen-bond donors (Lipinski definition) is 2. The molecule has 0 bridgehead atoms. The smallest absolute Gasteiger partial charge is 0.337 e. The highest BCUT2D eigenvalue weighted by Gasteiger charge is 2.14. The first-order chi connectivity index (χ1) is 12.3. The van der Waals surface area contributed by atoms with E-state index in [0.29, 0.717) is 24.2 Å². The predicted molar refractivity (Wildman–Crippen MR) is 102 cm³/mol. The number of esters is 1. The Bertz CT molecular complexity index is 955. The number of aromatic nitrogens is 2. The van der Waals surface area contributed by atoms with E-state index < -0.39 is 5.60 Å². The molecular formula is C20H23N3O3. The van der Waals surface area contributed by atoms with Crippen molar-refractivity contribution in [2.45, 2.75) is 32.4 Å². The summed E-state index contributed by atoms with van der Waals surface area (Å²) in [5.74, 6) is -0.387. The highest BCUT2D eigenvalue weighted by Crippen LogP contribution is 2.31. The van der Waals surface area contributed by atoms with Crippen molar-refractivity contribution in [2.24, 2.45) is 0 Å². The maximum Gasteiger partial charge on any atom is 0.337 e. The van der Waals surface area contributed by atoms with Crippen molar-refractivity contribution in [2.75, 3.05) is 12.8 Å². The van der Waals surface area contributed by atoms with Crippen LogP contribution < -0.4 is 5.73 Å². The Morgan fingerprint density at radius 1 is 1.31 bits per heavy atom. The van der Waals surface area contributed by atoms with Crippen LogP contribution in [-0.2, 0) is 11.3 Å². The summed E-state index contributed by atoms with van der Waals surface area (Å²) in [5, 5.41) is 15.4. The zero-order valence-electron chi connectivity index (χ0n) is 15.2. The Labute approximate surface area is 152 Å². The number of methoxy groups -OCH3 is 1. The van der Waals surface area contributed by atoms with E-state index in [0.717, 1.165) is 22.0 Å². The molecule has 0 saturated heterocycles. The Kier molecular flexibility index (Phi) is 4.70. The molecule has 26 heavy (non-hydrogen) atoms. The first-order valence-corrected chi connectivity index (χ1v) is 8.45. The highest BCUT2D eigenvalue weighted by molar-refractivity contribution is 5.94. The van der Waals surface area contributed by atoms with Crippen LogP contribution in [0.15, 0.2) is 42.6 Å². The van der Waals surface area contributed by atoms with Crippen molar-refractivity contribution in [1.82, 2.24) is 9.78 Å². The summed E-state index contributed by atoms with van der Waals surface area (Å²) in [5.41, 5.74) is 9.04. The van der Waals surface area contributed by atoms with E-state index in [4.69, 9.17) is 10.5 Å². The molecule has 3 rings (SSSR count). The Morgan fingerprint density at radius 3 is 2.77 bits per heavy atom. The fourth-order valence-corrected chi connectivity index (χ4v) is 2.82. The number of benzene rings is 2. The summed E-state index contributed by atoms with van der Waals surface area (Å²) in [7, 11) is 1.36. The number of aliphatic hydroxyl groups is 1. The van der Waals surface area contributed by atoms with Gasteiger partial charge >= 0.3 is 5.97 Å². The zero-order valence-corrected chi connectivity index (χ0v) is 15.2. The van der Waals surface area contributed by atoms with E-state index in [1.54, 1.807) is 32.0 Å². The molecule has 0 amide bonds. The average Bonchev–Trinajstić information content (AvgIpc) is 3.00. The number of hydrogen-bond acceptors (Lipinski definition) is 5. The number of nitrogens with zero attached hydrogens (tertiary/aromatic N) is 2. The second-order valence-corrected chi connectivity index (χ2v) is 7.03. The normalized spacial score (nSPS) is 11.7. The number of fused-ring (bicyclic) bond motifs is 1. The lowest BCUT2D eigenvalue weighted by Crippen LogP contribution is -2.21. The minimum absolute atomic E-state index is 0.387. The van der Waals surface area contributed by atoms with Gasteiger partial charge in [-0.1, -0.05) is 12.1 Å². The number of carbonyl (C=O) groups excluding carboxylic acids is 1. The molecule has 1 heterocycles. The van der Waals surface area contributed by atoms with E-state index in [1.807, 2.05) is 29.1 Å². The van der Waals surface area contributed by atoms with Crippen LogP contribution >= 0.6 is 0 Å². The summed E-state index contributed by atoms with van der Waals surface area (Å²) in [6, 6.07) is 11.0. The number of nitrogens with two attached hydrogens (primary N) is 1. The molecule has 3 aromatic rings. The van der Waals surface area contributed by atoms with Gasteiger partial charge in [-0.2, -0.15) is 5.10 Å². The molecule has 1 aromatic heterocycles. The standard InChI is InChI=1S/C20H23N3O3/c1-20(2,25)7-8-23-12-15-10-17(21)16(11-18(15)22-23)13-5-4-6-14(9-13)19(24)26-3/h4-6,9-12,25H,7-8,21H2,1-3H3. The van der Waals surface area contributed by atoms with Gasteiger partial charge in [0.15, 0.2) is 0 Å². The Hall–Kier alpha value is -2.86. The summed E-state index contributed by atoms with van der Waals surface area (Å²) in [6.07, 6.45) is 2.52. The van der Waals surface area contributed by atoms with Gasteiger partial charge in [0.25, 0.3) is 0 Å². The third-order valence-corrected chi connectivity index (χ3v) is 4.27. The molecule has 6 heteroatoms. The van der Waals surface area contributed by atoms with Gasteiger partial charge in [-0.15, -0.1) is 0 Å². The van der Waals surface area contributed by atoms with Gasteiger partial charge in [0.05, 0.1) is 23.8 Å². The van der Waals surface area contributed by atoms with Gasteiger partial charge in [0, 0.05) is 29.4 Å². The fraction of sp³-hybridized carbons (Fsp3) is 0.300.